The minimum atomic E-state index is -0.387. The molecule has 0 spiro atoms. The molecule has 0 saturated carbocycles. The first-order chi connectivity index (χ1) is 14.6. The highest BCUT2D eigenvalue weighted by atomic mass is 19.1. The van der Waals surface area contributed by atoms with Crippen LogP contribution in [0.2, 0.25) is 0 Å². The summed E-state index contributed by atoms with van der Waals surface area (Å²) in [6, 6.07) is 20.0. The number of H-pyrrole nitrogens is 1. The molecule has 30 heavy (non-hydrogen) atoms. The average molecular weight is 403 g/mol. The van der Waals surface area contributed by atoms with Gasteiger partial charge in [-0.25, -0.2) is 9.07 Å². The van der Waals surface area contributed by atoms with Crippen molar-refractivity contribution < 1.29 is 9.18 Å². The van der Waals surface area contributed by atoms with Gasteiger partial charge in [0.25, 0.3) is 5.91 Å². The van der Waals surface area contributed by atoms with E-state index in [4.69, 9.17) is 0 Å². The van der Waals surface area contributed by atoms with E-state index in [0.29, 0.717) is 12.2 Å². The van der Waals surface area contributed by atoms with Crippen LogP contribution in [-0.4, -0.2) is 44.4 Å². The zero-order chi connectivity index (χ0) is 20.9. The third kappa shape index (κ3) is 4.30. The van der Waals surface area contributed by atoms with Crippen LogP contribution in [0.5, 0.6) is 0 Å². The van der Waals surface area contributed by atoms with E-state index in [9.17, 15) is 9.18 Å². The normalized spacial score (nSPS) is 10.9. The van der Waals surface area contributed by atoms with Crippen molar-refractivity contribution in [2.45, 2.75) is 12.8 Å². The predicted molar refractivity (Wildman–Crippen MR) is 113 cm³/mol. The molecule has 0 aliphatic carbocycles. The maximum absolute atomic E-state index is 13.9. The number of rotatable bonds is 7. The predicted octanol–water partition coefficient (Wildman–Crippen LogP) is 4.11. The molecule has 2 aromatic carbocycles. The van der Waals surface area contributed by atoms with Gasteiger partial charge in [-0.2, -0.15) is 10.2 Å². The second kappa shape index (κ2) is 8.73. The van der Waals surface area contributed by atoms with Crippen molar-refractivity contribution in [3.63, 3.8) is 0 Å². The largest absolute Gasteiger partial charge is 0.340 e. The van der Waals surface area contributed by atoms with Gasteiger partial charge in [0, 0.05) is 31.0 Å². The minimum Gasteiger partial charge on any atom is -0.340 e. The lowest BCUT2D eigenvalue weighted by Gasteiger charge is -2.15. The van der Waals surface area contributed by atoms with Crippen LogP contribution in [0, 0.1) is 5.82 Å². The molecule has 0 unspecified atom stereocenters. The van der Waals surface area contributed by atoms with Crippen LogP contribution >= 0.6 is 0 Å². The van der Waals surface area contributed by atoms with Crippen molar-refractivity contribution in [2.24, 2.45) is 0 Å². The fourth-order valence-electron chi connectivity index (χ4n) is 3.26. The van der Waals surface area contributed by atoms with Crippen molar-refractivity contribution in [1.29, 1.82) is 0 Å². The minimum absolute atomic E-state index is 0.195. The highest BCUT2D eigenvalue weighted by Crippen LogP contribution is 2.18. The molecule has 2 heterocycles. The molecular weight excluding hydrogens is 381 g/mol. The third-order valence-corrected chi connectivity index (χ3v) is 4.89. The van der Waals surface area contributed by atoms with Crippen LogP contribution < -0.4 is 0 Å². The van der Waals surface area contributed by atoms with Crippen LogP contribution in [-0.2, 0) is 6.42 Å². The molecule has 7 heteroatoms. The van der Waals surface area contributed by atoms with E-state index in [2.05, 4.69) is 15.3 Å². The molecule has 152 valence electrons. The van der Waals surface area contributed by atoms with E-state index >= 15 is 0 Å². The van der Waals surface area contributed by atoms with Gasteiger partial charge < -0.3 is 4.90 Å². The van der Waals surface area contributed by atoms with Gasteiger partial charge in [-0.15, -0.1) is 0 Å². The molecule has 0 fully saturated rings. The quantitative estimate of drug-likeness (QED) is 0.505. The van der Waals surface area contributed by atoms with Crippen molar-refractivity contribution in [3.05, 3.63) is 90.1 Å². The molecule has 0 aliphatic rings. The SMILES string of the molecule is CN(CCCc1cc(-c2ccccc2)n[nH]1)C(=O)c1ccn(-c2ccccc2F)n1. The molecule has 6 nitrogen and oxygen atoms in total. The number of carbonyl (C=O) groups is 1. The lowest BCUT2D eigenvalue weighted by molar-refractivity contribution is 0.0787. The fraction of sp³-hybridized carbons (Fsp3) is 0.174. The number of nitrogens with zero attached hydrogens (tertiary/aromatic N) is 4. The summed E-state index contributed by atoms with van der Waals surface area (Å²) < 4.78 is 15.3. The molecule has 1 amide bonds. The van der Waals surface area contributed by atoms with Crippen molar-refractivity contribution in [3.8, 4) is 16.9 Å². The number of nitrogens with one attached hydrogen (secondary N) is 1. The van der Waals surface area contributed by atoms with Gasteiger partial charge in [-0.3, -0.25) is 9.89 Å². The van der Waals surface area contributed by atoms with Gasteiger partial charge >= 0.3 is 0 Å². The Morgan fingerprint density at radius 1 is 1.10 bits per heavy atom. The number of hydrogen-bond acceptors (Lipinski definition) is 3. The number of halogens is 1. The highest BCUT2D eigenvalue weighted by molar-refractivity contribution is 5.92. The Kier molecular flexibility index (Phi) is 5.70. The first-order valence-corrected chi connectivity index (χ1v) is 9.77. The number of hydrogen-bond donors (Lipinski definition) is 1. The summed E-state index contributed by atoms with van der Waals surface area (Å²) in [6.45, 7) is 0.574. The van der Waals surface area contributed by atoms with Crippen LogP contribution in [0.3, 0.4) is 0 Å². The summed E-state index contributed by atoms with van der Waals surface area (Å²) in [6.07, 6.45) is 3.16. The number of aromatic amines is 1. The summed E-state index contributed by atoms with van der Waals surface area (Å²) in [5.41, 5.74) is 3.60. The van der Waals surface area contributed by atoms with Crippen LogP contribution in [0.4, 0.5) is 4.39 Å². The average Bonchev–Trinajstić information content (AvgIpc) is 3.44. The summed E-state index contributed by atoms with van der Waals surface area (Å²) >= 11 is 0. The molecule has 0 atom stereocenters. The molecule has 0 radical (unpaired) electrons. The zero-order valence-electron chi connectivity index (χ0n) is 16.6. The Hall–Kier alpha value is -3.74. The number of aryl methyl sites for hydroxylation is 1. The first-order valence-electron chi connectivity index (χ1n) is 9.77. The van der Waals surface area contributed by atoms with E-state index in [0.717, 1.165) is 29.8 Å². The van der Waals surface area contributed by atoms with Gasteiger partial charge in [0.05, 0.1) is 5.69 Å². The second-order valence-electron chi connectivity index (χ2n) is 7.07. The third-order valence-electron chi connectivity index (χ3n) is 4.89. The summed E-state index contributed by atoms with van der Waals surface area (Å²) in [5, 5.41) is 11.7. The lowest BCUT2D eigenvalue weighted by Crippen LogP contribution is -2.28. The summed E-state index contributed by atoms with van der Waals surface area (Å²) in [7, 11) is 1.74. The number of amides is 1. The topological polar surface area (TPSA) is 66.8 Å². The molecular formula is C23H22FN5O. The van der Waals surface area contributed by atoms with Gasteiger partial charge in [0.2, 0.25) is 0 Å². The molecule has 0 saturated heterocycles. The lowest BCUT2D eigenvalue weighted by atomic mass is 10.1. The number of carbonyl (C=O) groups excluding carboxylic acids is 1. The fourth-order valence-corrected chi connectivity index (χ4v) is 3.26. The monoisotopic (exact) mass is 403 g/mol. The van der Waals surface area contributed by atoms with Gasteiger partial charge in [-0.1, -0.05) is 42.5 Å². The summed E-state index contributed by atoms with van der Waals surface area (Å²) in [5.74, 6) is -0.581. The van der Waals surface area contributed by atoms with Gasteiger partial charge in [0.1, 0.15) is 11.5 Å². The Morgan fingerprint density at radius 3 is 2.67 bits per heavy atom. The first kappa shape index (κ1) is 19.6. The van der Waals surface area contributed by atoms with Gasteiger partial charge in [-0.05, 0) is 37.1 Å². The van der Waals surface area contributed by atoms with E-state index < -0.39 is 0 Å². The van der Waals surface area contributed by atoms with Crippen LogP contribution in [0.1, 0.15) is 22.6 Å². The van der Waals surface area contributed by atoms with E-state index in [-0.39, 0.29) is 17.4 Å². The highest BCUT2D eigenvalue weighted by Gasteiger charge is 2.16. The maximum Gasteiger partial charge on any atom is 0.274 e. The standard InChI is InChI=1S/C23H22FN5O/c1-28(14-7-10-18-16-21(26-25-18)17-8-3-2-4-9-17)23(30)20-13-15-29(27-20)22-12-6-5-11-19(22)24/h2-6,8-9,11-13,15-16H,7,10,14H2,1H3,(H,25,26). The zero-order valence-corrected chi connectivity index (χ0v) is 16.6. The molecule has 4 aromatic rings. The Balaban J connectivity index is 1.33. The molecule has 4 rings (SSSR count). The van der Waals surface area contributed by atoms with E-state index in [1.165, 1.54) is 10.7 Å². The number of benzene rings is 2. The van der Waals surface area contributed by atoms with E-state index in [1.54, 1.807) is 42.4 Å². The van der Waals surface area contributed by atoms with Crippen molar-refractivity contribution in [1.82, 2.24) is 24.9 Å². The van der Waals surface area contributed by atoms with E-state index in [1.807, 2.05) is 36.4 Å². The number of para-hydroxylation sites is 1. The molecule has 1 N–H and O–H groups in total. The Bertz CT molecular complexity index is 1140. The van der Waals surface area contributed by atoms with Crippen LogP contribution in [0.15, 0.2) is 72.9 Å². The summed E-state index contributed by atoms with van der Waals surface area (Å²) in [4.78, 5) is 14.3. The van der Waals surface area contributed by atoms with Gasteiger partial charge in [0.15, 0.2) is 5.69 Å². The Morgan fingerprint density at radius 2 is 1.87 bits per heavy atom. The molecule has 0 aliphatic heterocycles. The van der Waals surface area contributed by atoms with Crippen molar-refractivity contribution in [2.75, 3.05) is 13.6 Å². The molecule has 0 bridgehead atoms. The Labute approximate surface area is 174 Å². The second-order valence-corrected chi connectivity index (χ2v) is 7.07. The van der Waals surface area contributed by atoms with Crippen LogP contribution in [0.25, 0.3) is 16.9 Å². The number of aromatic nitrogens is 4. The molecule has 2 aromatic heterocycles. The van der Waals surface area contributed by atoms with Crippen molar-refractivity contribution >= 4 is 5.91 Å². The maximum atomic E-state index is 13.9. The smallest absolute Gasteiger partial charge is 0.274 e.